The Morgan fingerprint density at radius 2 is 1.84 bits per heavy atom. The minimum absolute atomic E-state index is 0.0349. The molecule has 0 spiro atoms. The molecule has 2 aliphatic rings. The summed E-state index contributed by atoms with van der Waals surface area (Å²) in [5, 5.41) is 5.68. The number of benzene rings is 1. The zero-order valence-electron chi connectivity index (χ0n) is 19.4. The van der Waals surface area contributed by atoms with Gasteiger partial charge < -0.3 is 10.1 Å². The number of esters is 1. The lowest BCUT2D eigenvalue weighted by Gasteiger charge is -2.27. The third kappa shape index (κ3) is 5.09. The smallest absolute Gasteiger partial charge is 0.341 e. The highest BCUT2D eigenvalue weighted by atomic mass is 32.1. The number of thiophene rings is 1. The van der Waals surface area contributed by atoms with E-state index in [1.165, 1.54) is 61.7 Å². The van der Waals surface area contributed by atoms with Crippen LogP contribution in [0.2, 0.25) is 0 Å². The van der Waals surface area contributed by atoms with Crippen molar-refractivity contribution in [3.05, 3.63) is 40.3 Å². The normalized spacial score (nSPS) is 20.4. The second-order valence-corrected chi connectivity index (χ2v) is 10.3. The van der Waals surface area contributed by atoms with Crippen LogP contribution in [-0.4, -0.2) is 19.0 Å². The molecule has 4 nitrogen and oxygen atoms in total. The summed E-state index contributed by atoms with van der Waals surface area (Å²) in [5.74, 6) is 0.454. The number of nitrogens with one attached hydrogen (secondary N) is 1. The lowest BCUT2D eigenvalue weighted by atomic mass is 9.79. The monoisotopic (exact) mass is 453 g/mol. The Hall–Kier alpha value is -2.14. The second-order valence-electron chi connectivity index (χ2n) is 9.38. The molecule has 1 saturated carbocycles. The third-order valence-corrected chi connectivity index (χ3v) is 8.16. The number of hydrogen-bond donors (Lipinski definition) is 1. The number of anilines is 1. The second kappa shape index (κ2) is 10.7. The average molecular weight is 454 g/mol. The summed E-state index contributed by atoms with van der Waals surface area (Å²) in [5.41, 5.74) is 5.16. The molecule has 1 aromatic carbocycles. The first-order valence-corrected chi connectivity index (χ1v) is 13.1. The number of methoxy groups -OCH3 is 1. The number of ether oxygens (including phenoxy) is 1. The highest BCUT2D eigenvalue weighted by molar-refractivity contribution is 7.15. The molecule has 1 N–H and O–H groups in total. The first-order valence-electron chi connectivity index (χ1n) is 12.2. The van der Waals surface area contributed by atoms with Gasteiger partial charge in [-0.1, -0.05) is 44.4 Å². The van der Waals surface area contributed by atoms with Gasteiger partial charge in [0.25, 0.3) is 0 Å². The van der Waals surface area contributed by atoms with Crippen molar-refractivity contribution >= 4 is 28.2 Å². The number of unbranched alkanes of at least 4 members (excludes halogenated alkanes) is 1. The van der Waals surface area contributed by atoms with Crippen LogP contribution in [0.25, 0.3) is 11.1 Å². The van der Waals surface area contributed by atoms with Crippen LogP contribution >= 0.6 is 11.3 Å². The van der Waals surface area contributed by atoms with E-state index in [9.17, 15) is 9.59 Å². The van der Waals surface area contributed by atoms with Gasteiger partial charge in [0.2, 0.25) is 5.91 Å². The van der Waals surface area contributed by atoms with Gasteiger partial charge in [-0.25, -0.2) is 4.79 Å². The molecule has 2 aliphatic carbocycles. The molecule has 0 bridgehead atoms. The molecule has 32 heavy (non-hydrogen) atoms. The zero-order chi connectivity index (χ0) is 22.5. The maximum atomic E-state index is 13.0. The van der Waals surface area contributed by atoms with Crippen LogP contribution in [0.5, 0.6) is 0 Å². The van der Waals surface area contributed by atoms with Crippen LogP contribution in [-0.2, 0) is 22.4 Å². The van der Waals surface area contributed by atoms with Crippen LogP contribution in [0.1, 0.15) is 86.2 Å². The van der Waals surface area contributed by atoms with E-state index in [-0.39, 0.29) is 11.8 Å². The third-order valence-electron chi connectivity index (χ3n) is 7.26. The van der Waals surface area contributed by atoms with Crippen LogP contribution in [0.3, 0.4) is 0 Å². The van der Waals surface area contributed by atoms with Crippen LogP contribution in [0.4, 0.5) is 5.00 Å². The van der Waals surface area contributed by atoms with Crippen molar-refractivity contribution in [1.29, 1.82) is 0 Å². The van der Waals surface area contributed by atoms with Crippen molar-refractivity contribution in [3.8, 4) is 11.1 Å². The summed E-state index contributed by atoms with van der Waals surface area (Å²) in [4.78, 5) is 25.7. The fourth-order valence-corrected chi connectivity index (χ4v) is 6.25. The van der Waals surface area contributed by atoms with E-state index in [0.29, 0.717) is 10.6 Å². The number of fused-ring (bicyclic) bond motifs is 1. The van der Waals surface area contributed by atoms with Gasteiger partial charge in [0.05, 0.1) is 7.11 Å². The topological polar surface area (TPSA) is 55.4 Å². The molecule has 0 aliphatic heterocycles. The van der Waals surface area contributed by atoms with Gasteiger partial charge in [0, 0.05) is 16.9 Å². The molecule has 0 unspecified atom stereocenters. The molecule has 0 saturated heterocycles. The summed E-state index contributed by atoms with van der Waals surface area (Å²) >= 11 is 1.42. The number of aryl methyl sites for hydroxylation is 2. The fourth-order valence-electron chi connectivity index (χ4n) is 5.29. The Kier molecular flexibility index (Phi) is 7.67. The first-order chi connectivity index (χ1) is 15.6. The highest BCUT2D eigenvalue weighted by Crippen LogP contribution is 2.39. The fraction of sp³-hybridized carbons (Fsp3) is 0.556. The zero-order valence-corrected chi connectivity index (χ0v) is 20.2. The summed E-state index contributed by atoms with van der Waals surface area (Å²) in [6.45, 7) is 2.23. The Balaban J connectivity index is 1.51. The number of hydrogen-bond acceptors (Lipinski definition) is 4. The summed E-state index contributed by atoms with van der Waals surface area (Å²) in [7, 11) is 1.40. The van der Waals surface area contributed by atoms with Crippen molar-refractivity contribution in [2.45, 2.75) is 77.6 Å². The summed E-state index contributed by atoms with van der Waals surface area (Å²) in [6, 6.07) is 6.51. The lowest BCUT2D eigenvalue weighted by Crippen LogP contribution is -2.27. The number of carbonyl (C=O) groups is 2. The average Bonchev–Trinajstić information content (AvgIpc) is 3.25. The van der Waals surface area contributed by atoms with Crippen molar-refractivity contribution < 1.29 is 14.3 Å². The van der Waals surface area contributed by atoms with Crippen LogP contribution < -0.4 is 5.32 Å². The standard InChI is InChI=1S/C27H35NO3S/c1-3-4-7-18-10-12-20(13-11-18)25(29)28-26-24(27(30)31-2)23(17-32-26)22-15-14-19-8-5-6-9-21(19)16-22/h14-18,20H,3-13H2,1-2H3,(H,28,29). The molecule has 2 aromatic rings. The van der Waals surface area contributed by atoms with E-state index in [0.717, 1.165) is 55.6 Å². The SMILES string of the molecule is CCCCC1CCC(C(=O)Nc2scc(-c3ccc4c(c3)CCCC4)c2C(=O)OC)CC1. The summed E-state index contributed by atoms with van der Waals surface area (Å²) in [6.07, 6.45) is 12.6. The van der Waals surface area contributed by atoms with Gasteiger partial charge >= 0.3 is 5.97 Å². The molecule has 1 heterocycles. The molecule has 1 aromatic heterocycles. The van der Waals surface area contributed by atoms with Gasteiger partial charge in [-0.3, -0.25) is 4.79 Å². The summed E-state index contributed by atoms with van der Waals surface area (Å²) < 4.78 is 5.11. The number of carbonyl (C=O) groups excluding carboxylic acids is 2. The van der Waals surface area contributed by atoms with Gasteiger partial charge in [-0.05, 0) is 74.0 Å². The van der Waals surface area contributed by atoms with Gasteiger partial charge in [-0.15, -0.1) is 11.3 Å². The molecular formula is C27H35NO3S. The Morgan fingerprint density at radius 3 is 2.56 bits per heavy atom. The van der Waals surface area contributed by atoms with E-state index < -0.39 is 5.97 Å². The maximum absolute atomic E-state index is 13.0. The van der Waals surface area contributed by atoms with E-state index in [1.807, 2.05) is 5.38 Å². The Morgan fingerprint density at radius 1 is 1.09 bits per heavy atom. The Labute approximate surface area is 195 Å². The molecule has 1 fully saturated rings. The van der Waals surface area contributed by atoms with Gasteiger partial charge in [0.1, 0.15) is 10.6 Å². The van der Waals surface area contributed by atoms with E-state index in [1.54, 1.807) is 0 Å². The van der Waals surface area contributed by atoms with Crippen LogP contribution in [0.15, 0.2) is 23.6 Å². The van der Waals surface area contributed by atoms with Crippen LogP contribution in [0, 0.1) is 11.8 Å². The molecule has 172 valence electrons. The predicted octanol–water partition coefficient (Wildman–Crippen LogP) is 7.02. The minimum atomic E-state index is -0.391. The van der Waals surface area contributed by atoms with Crippen molar-refractivity contribution in [3.63, 3.8) is 0 Å². The van der Waals surface area contributed by atoms with E-state index >= 15 is 0 Å². The van der Waals surface area contributed by atoms with Gasteiger partial charge in [-0.2, -0.15) is 0 Å². The quantitative estimate of drug-likeness (QED) is 0.459. The van der Waals surface area contributed by atoms with E-state index in [2.05, 4.69) is 30.4 Å². The van der Waals surface area contributed by atoms with E-state index in [4.69, 9.17) is 4.74 Å². The van der Waals surface area contributed by atoms with Crippen molar-refractivity contribution in [2.24, 2.45) is 11.8 Å². The highest BCUT2D eigenvalue weighted by Gasteiger charge is 2.29. The molecule has 0 atom stereocenters. The molecule has 4 rings (SSSR count). The predicted molar refractivity (Wildman–Crippen MR) is 131 cm³/mol. The van der Waals surface area contributed by atoms with Crippen molar-refractivity contribution in [1.82, 2.24) is 0 Å². The van der Waals surface area contributed by atoms with Crippen molar-refractivity contribution in [2.75, 3.05) is 12.4 Å². The molecule has 1 amide bonds. The largest absolute Gasteiger partial charge is 0.465 e. The molecule has 5 heteroatoms. The minimum Gasteiger partial charge on any atom is -0.465 e. The molecular weight excluding hydrogens is 418 g/mol. The lowest BCUT2D eigenvalue weighted by molar-refractivity contribution is -0.121. The molecule has 0 radical (unpaired) electrons. The number of amides is 1. The first kappa shape index (κ1) is 23.0. The van der Waals surface area contributed by atoms with Gasteiger partial charge in [0.15, 0.2) is 0 Å². The maximum Gasteiger partial charge on any atom is 0.341 e. The number of rotatable bonds is 7. The Bertz CT molecular complexity index is 956.